The van der Waals surface area contributed by atoms with E-state index in [0.717, 1.165) is 12.0 Å². The third kappa shape index (κ3) is 13.9. The Balaban J connectivity index is 2.88. The summed E-state index contributed by atoms with van der Waals surface area (Å²) in [5.41, 5.74) is 0. The zero-order valence-electron chi connectivity index (χ0n) is 10.8. The fourth-order valence-corrected chi connectivity index (χ4v) is 2.38. The van der Waals surface area contributed by atoms with E-state index in [-0.39, 0.29) is 0 Å². The monoisotopic (exact) mass is 244 g/mol. The number of thioether (sulfide) groups is 1. The van der Waals surface area contributed by atoms with Crippen LogP contribution in [-0.2, 0) is 0 Å². The first-order chi connectivity index (χ1) is 7.91. The molecule has 1 N–H and O–H groups in total. The molecule has 0 radical (unpaired) electrons. The van der Waals surface area contributed by atoms with E-state index in [1.165, 1.54) is 64.2 Å². The molecule has 0 bridgehead atoms. The molecule has 1 nitrogen and oxygen atoms in total. The van der Waals surface area contributed by atoms with Crippen molar-refractivity contribution in [1.29, 1.82) is 0 Å². The number of rotatable bonds is 12. The molecule has 0 aliphatic rings. The van der Waals surface area contributed by atoms with E-state index >= 15 is 0 Å². The third-order valence-corrected chi connectivity index (χ3v) is 3.61. The Morgan fingerprint density at radius 1 is 0.812 bits per heavy atom. The van der Waals surface area contributed by atoms with Crippen molar-refractivity contribution >= 4 is 11.8 Å². The maximum atomic E-state index is 8.43. The summed E-state index contributed by atoms with van der Waals surface area (Å²) < 4.78 is 0. The van der Waals surface area contributed by atoms with Gasteiger partial charge in [0.15, 0.2) is 0 Å². The van der Waals surface area contributed by atoms with Crippen molar-refractivity contribution in [3.05, 3.63) is 11.7 Å². The van der Waals surface area contributed by atoms with Crippen LogP contribution in [0.15, 0.2) is 11.7 Å². The highest BCUT2D eigenvalue weighted by Gasteiger charge is 1.92. The molecule has 0 heterocycles. The van der Waals surface area contributed by atoms with Crippen LogP contribution < -0.4 is 0 Å². The summed E-state index contributed by atoms with van der Waals surface area (Å²) in [6.07, 6.45) is 15.0. The van der Waals surface area contributed by atoms with E-state index in [1.54, 1.807) is 17.2 Å². The SMILES string of the molecule is CCCCCCCCCCCCSC=CO. The highest BCUT2D eigenvalue weighted by molar-refractivity contribution is 8.02. The van der Waals surface area contributed by atoms with Gasteiger partial charge in [-0.1, -0.05) is 64.7 Å². The van der Waals surface area contributed by atoms with Gasteiger partial charge in [-0.25, -0.2) is 0 Å². The Morgan fingerprint density at radius 3 is 1.81 bits per heavy atom. The third-order valence-electron chi connectivity index (χ3n) is 2.77. The molecule has 0 aromatic carbocycles. The number of unbranched alkanes of at least 4 members (excludes halogenated alkanes) is 9. The topological polar surface area (TPSA) is 20.2 Å². The molecule has 0 saturated heterocycles. The van der Waals surface area contributed by atoms with Crippen LogP contribution in [0.3, 0.4) is 0 Å². The van der Waals surface area contributed by atoms with E-state index in [9.17, 15) is 0 Å². The summed E-state index contributed by atoms with van der Waals surface area (Å²) in [6.45, 7) is 2.27. The van der Waals surface area contributed by atoms with Crippen molar-refractivity contribution < 1.29 is 5.11 Å². The van der Waals surface area contributed by atoms with E-state index in [4.69, 9.17) is 5.11 Å². The minimum Gasteiger partial charge on any atom is -0.515 e. The second-order valence-electron chi connectivity index (χ2n) is 4.34. The van der Waals surface area contributed by atoms with Crippen LogP contribution in [0.5, 0.6) is 0 Å². The molecule has 0 aliphatic heterocycles. The molecule has 0 rings (SSSR count). The Hall–Kier alpha value is -0.110. The quantitative estimate of drug-likeness (QED) is 0.352. The van der Waals surface area contributed by atoms with Crippen molar-refractivity contribution in [2.24, 2.45) is 0 Å². The molecule has 16 heavy (non-hydrogen) atoms. The van der Waals surface area contributed by atoms with Gasteiger partial charge in [0.2, 0.25) is 0 Å². The van der Waals surface area contributed by atoms with Gasteiger partial charge < -0.3 is 5.11 Å². The summed E-state index contributed by atoms with van der Waals surface area (Å²) >= 11 is 1.70. The molecule has 0 unspecified atom stereocenters. The van der Waals surface area contributed by atoms with Gasteiger partial charge in [0.1, 0.15) is 0 Å². The molecule has 0 amide bonds. The van der Waals surface area contributed by atoms with Crippen molar-refractivity contribution in [2.75, 3.05) is 5.75 Å². The molecular weight excluding hydrogens is 216 g/mol. The molecule has 0 aromatic heterocycles. The van der Waals surface area contributed by atoms with Gasteiger partial charge in [0.25, 0.3) is 0 Å². The Morgan fingerprint density at radius 2 is 1.31 bits per heavy atom. The van der Waals surface area contributed by atoms with Crippen molar-refractivity contribution in [3.63, 3.8) is 0 Å². The zero-order chi connectivity index (χ0) is 11.9. The van der Waals surface area contributed by atoms with Gasteiger partial charge in [0, 0.05) is 5.41 Å². The van der Waals surface area contributed by atoms with Crippen LogP contribution in [0.1, 0.15) is 71.1 Å². The van der Waals surface area contributed by atoms with Crippen molar-refractivity contribution in [3.8, 4) is 0 Å². The van der Waals surface area contributed by atoms with Crippen LogP contribution in [-0.4, -0.2) is 10.9 Å². The number of hydrogen-bond donors (Lipinski definition) is 1. The number of aliphatic hydroxyl groups is 1. The smallest absolute Gasteiger partial charge is 0.0854 e. The molecule has 0 aliphatic carbocycles. The average molecular weight is 244 g/mol. The van der Waals surface area contributed by atoms with Crippen LogP contribution in [0.25, 0.3) is 0 Å². The highest BCUT2D eigenvalue weighted by Crippen LogP contribution is 2.12. The molecule has 96 valence electrons. The lowest BCUT2D eigenvalue weighted by Gasteiger charge is -2.01. The van der Waals surface area contributed by atoms with Crippen LogP contribution in [0.2, 0.25) is 0 Å². The predicted molar refractivity (Wildman–Crippen MR) is 76.1 cm³/mol. The lowest BCUT2D eigenvalue weighted by atomic mass is 10.1. The zero-order valence-corrected chi connectivity index (χ0v) is 11.6. The van der Waals surface area contributed by atoms with Crippen LogP contribution in [0, 0.1) is 0 Å². The summed E-state index contributed by atoms with van der Waals surface area (Å²) in [5, 5.41) is 10.2. The molecule has 0 atom stereocenters. The summed E-state index contributed by atoms with van der Waals surface area (Å²) in [7, 11) is 0. The second kappa shape index (κ2) is 14.9. The summed E-state index contributed by atoms with van der Waals surface area (Å²) in [6, 6.07) is 0. The van der Waals surface area contributed by atoms with Gasteiger partial charge in [-0.15, -0.1) is 11.8 Å². The average Bonchev–Trinajstić information content (AvgIpc) is 2.31. The summed E-state index contributed by atoms with van der Waals surface area (Å²) in [5.74, 6) is 1.15. The minimum atomic E-state index is 1.13. The van der Waals surface area contributed by atoms with E-state index in [2.05, 4.69) is 6.92 Å². The maximum Gasteiger partial charge on any atom is 0.0854 e. The molecule has 2 heteroatoms. The molecule has 0 spiro atoms. The lowest BCUT2D eigenvalue weighted by Crippen LogP contribution is -1.82. The molecule has 0 saturated carbocycles. The van der Waals surface area contributed by atoms with Gasteiger partial charge in [-0.3, -0.25) is 0 Å². The number of hydrogen-bond acceptors (Lipinski definition) is 2. The van der Waals surface area contributed by atoms with Crippen LogP contribution in [0.4, 0.5) is 0 Å². The Kier molecular flexibility index (Phi) is 14.8. The first-order valence-electron chi connectivity index (χ1n) is 6.82. The standard InChI is InChI=1S/C14H28OS/c1-2-3-4-5-6-7-8-9-10-11-13-16-14-12-15/h12,14-15H,2-11,13H2,1H3. The van der Waals surface area contributed by atoms with E-state index in [0.29, 0.717) is 0 Å². The van der Waals surface area contributed by atoms with Crippen molar-refractivity contribution in [1.82, 2.24) is 0 Å². The fraction of sp³-hybridized carbons (Fsp3) is 0.857. The van der Waals surface area contributed by atoms with Gasteiger partial charge in [0.05, 0.1) is 6.26 Å². The highest BCUT2D eigenvalue weighted by atomic mass is 32.2. The van der Waals surface area contributed by atoms with Gasteiger partial charge in [-0.2, -0.15) is 0 Å². The lowest BCUT2D eigenvalue weighted by molar-refractivity contribution is 0.475. The van der Waals surface area contributed by atoms with Gasteiger partial charge >= 0.3 is 0 Å². The summed E-state index contributed by atoms with van der Waals surface area (Å²) in [4.78, 5) is 0. The Labute approximate surface area is 106 Å². The van der Waals surface area contributed by atoms with E-state index < -0.39 is 0 Å². The second-order valence-corrected chi connectivity index (χ2v) is 5.35. The van der Waals surface area contributed by atoms with Gasteiger partial charge in [-0.05, 0) is 12.2 Å². The predicted octanol–water partition coefficient (Wildman–Crippen LogP) is 5.67. The van der Waals surface area contributed by atoms with Crippen molar-refractivity contribution in [2.45, 2.75) is 71.1 Å². The first kappa shape index (κ1) is 15.9. The minimum absolute atomic E-state index is 1.13. The normalized spacial score (nSPS) is 11.3. The molecular formula is C14H28OS. The molecule has 0 aromatic rings. The Bertz CT molecular complexity index is 146. The first-order valence-corrected chi connectivity index (χ1v) is 7.87. The fourth-order valence-electron chi connectivity index (χ4n) is 1.78. The molecule has 0 fully saturated rings. The number of aliphatic hydroxyl groups excluding tert-OH is 1. The van der Waals surface area contributed by atoms with E-state index in [1.807, 2.05) is 0 Å². The maximum absolute atomic E-state index is 8.43. The van der Waals surface area contributed by atoms with Crippen LogP contribution >= 0.6 is 11.8 Å². The largest absolute Gasteiger partial charge is 0.515 e.